The first-order valence-electron chi connectivity index (χ1n) is 6.58. The van der Waals surface area contributed by atoms with Gasteiger partial charge in [-0.2, -0.15) is 0 Å². The lowest BCUT2D eigenvalue weighted by atomic mass is 10.2. The van der Waals surface area contributed by atoms with Gasteiger partial charge in [-0.05, 0) is 47.0 Å². The zero-order valence-electron chi connectivity index (χ0n) is 11.6. The zero-order valence-corrected chi connectivity index (χ0v) is 13.2. The van der Waals surface area contributed by atoms with Gasteiger partial charge in [-0.25, -0.2) is 9.59 Å². The summed E-state index contributed by atoms with van der Waals surface area (Å²) in [4.78, 5) is 24.9. The van der Waals surface area contributed by atoms with Gasteiger partial charge in [-0.3, -0.25) is 0 Å². The van der Waals surface area contributed by atoms with Crippen molar-refractivity contribution < 1.29 is 14.7 Å². The molecule has 0 unspecified atom stereocenters. The molecule has 0 bridgehead atoms. The molecule has 0 atom stereocenters. The summed E-state index contributed by atoms with van der Waals surface area (Å²) in [6, 6.07) is 4.53. The largest absolute Gasteiger partial charge is 0.478 e. The molecule has 0 aliphatic rings. The highest BCUT2D eigenvalue weighted by molar-refractivity contribution is 9.10. The van der Waals surface area contributed by atoms with Crippen molar-refractivity contribution in [1.82, 2.24) is 4.90 Å². The number of nitrogens with one attached hydrogen (secondary N) is 1. The van der Waals surface area contributed by atoms with Gasteiger partial charge in [-0.15, -0.1) is 0 Å². The highest BCUT2D eigenvalue weighted by Crippen LogP contribution is 2.21. The predicted molar refractivity (Wildman–Crippen MR) is 82.3 cm³/mol. The Morgan fingerprint density at radius 2 is 1.85 bits per heavy atom. The van der Waals surface area contributed by atoms with Crippen LogP contribution in [0.5, 0.6) is 0 Å². The Hall–Kier alpha value is -1.56. The predicted octanol–water partition coefficient (Wildman–Crippen LogP) is 3.80. The Labute approximate surface area is 127 Å². The molecule has 0 saturated carbocycles. The minimum Gasteiger partial charge on any atom is -0.478 e. The van der Waals surface area contributed by atoms with Crippen LogP contribution in [0.4, 0.5) is 10.5 Å². The molecule has 1 aromatic rings. The maximum absolute atomic E-state index is 12.1. The summed E-state index contributed by atoms with van der Waals surface area (Å²) in [7, 11) is 0. The van der Waals surface area contributed by atoms with Crippen LogP contribution in [0.3, 0.4) is 0 Å². The summed E-state index contributed by atoms with van der Waals surface area (Å²) < 4.78 is 0.488. The molecule has 0 fully saturated rings. The standard InChI is InChI=1S/C14H19BrN2O3/c1-3-7-17(8-4-2)14(20)16-10-5-6-12(15)11(9-10)13(18)19/h5-6,9H,3-4,7-8H2,1-2H3,(H,16,20)(H,18,19). The van der Waals surface area contributed by atoms with Gasteiger partial charge in [0.05, 0.1) is 5.56 Å². The molecule has 1 aromatic carbocycles. The summed E-state index contributed by atoms with van der Waals surface area (Å²) in [6.07, 6.45) is 1.77. The first-order valence-corrected chi connectivity index (χ1v) is 7.37. The number of nitrogens with zero attached hydrogens (tertiary/aromatic N) is 1. The molecule has 0 aromatic heterocycles. The van der Waals surface area contributed by atoms with Gasteiger partial charge < -0.3 is 15.3 Å². The molecule has 0 spiro atoms. The second-order valence-electron chi connectivity index (χ2n) is 4.42. The van der Waals surface area contributed by atoms with E-state index in [9.17, 15) is 9.59 Å². The first kappa shape index (κ1) is 16.5. The van der Waals surface area contributed by atoms with E-state index in [4.69, 9.17) is 5.11 Å². The number of amides is 2. The number of aromatic carboxylic acids is 1. The Bertz CT molecular complexity index is 485. The molecule has 0 heterocycles. The Morgan fingerprint density at radius 1 is 1.25 bits per heavy atom. The number of anilines is 1. The summed E-state index contributed by atoms with van der Waals surface area (Å²) in [5.41, 5.74) is 0.605. The van der Waals surface area contributed by atoms with Crippen LogP contribution in [0.15, 0.2) is 22.7 Å². The molecule has 1 rings (SSSR count). The van der Waals surface area contributed by atoms with Gasteiger partial charge in [0.2, 0.25) is 0 Å². The third kappa shape index (κ3) is 4.52. The lowest BCUT2D eigenvalue weighted by Crippen LogP contribution is -2.36. The fourth-order valence-corrected chi connectivity index (χ4v) is 2.24. The van der Waals surface area contributed by atoms with E-state index in [1.807, 2.05) is 13.8 Å². The van der Waals surface area contributed by atoms with Crippen LogP contribution in [0.2, 0.25) is 0 Å². The number of carboxylic acids is 1. The Kier molecular flexibility index (Phi) is 6.51. The SMILES string of the molecule is CCCN(CCC)C(=O)Nc1ccc(Br)c(C(=O)O)c1. The van der Waals surface area contributed by atoms with Gasteiger partial charge in [0.1, 0.15) is 0 Å². The van der Waals surface area contributed by atoms with Crippen LogP contribution < -0.4 is 5.32 Å². The van der Waals surface area contributed by atoms with E-state index in [0.717, 1.165) is 12.8 Å². The third-order valence-corrected chi connectivity index (χ3v) is 3.41. The average Bonchev–Trinajstić information content (AvgIpc) is 2.40. The topological polar surface area (TPSA) is 69.6 Å². The van der Waals surface area contributed by atoms with Gasteiger partial charge >= 0.3 is 12.0 Å². The van der Waals surface area contributed by atoms with Crippen LogP contribution in [0.25, 0.3) is 0 Å². The Morgan fingerprint density at radius 3 is 2.35 bits per heavy atom. The van der Waals surface area contributed by atoms with Crippen molar-refractivity contribution in [2.24, 2.45) is 0 Å². The molecule has 20 heavy (non-hydrogen) atoms. The third-order valence-electron chi connectivity index (χ3n) is 2.72. The number of rotatable bonds is 6. The molecule has 0 radical (unpaired) electrons. The van der Waals surface area contributed by atoms with Crippen molar-refractivity contribution in [1.29, 1.82) is 0 Å². The summed E-state index contributed by atoms with van der Waals surface area (Å²) in [6.45, 7) is 5.39. The zero-order chi connectivity index (χ0) is 15.1. The van der Waals surface area contributed by atoms with Crippen molar-refractivity contribution in [2.75, 3.05) is 18.4 Å². The molecular formula is C14H19BrN2O3. The monoisotopic (exact) mass is 342 g/mol. The maximum atomic E-state index is 12.1. The van der Waals surface area contributed by atoms with E-state index in [1.54, 1.807) is 17.0 Å². The van der Waals surface area contributed by atoms with Crippen molar-refractivity contribution in [3.05, 3.63) is 28.2 Å². The lowest BCUT2D eigenvalue weighted by Gasteiger charge is -2.22. The fourth-order valence-electron chi connectivity index (χ4n) is 1.82. The minimum absolute atomic E-state index is 0.125. The highest BCUT2D eigenvalue weighted by atomic mass is 79.9. The van der Waals surface area contributed by atoms with Gasteiger partial charge in [0.15, 0.2) is 0 Å². The number of carboxylic acid groups (broad SMARTS) is 1. The van der Waals surface area contributed by atoms with Crippen molar-refractivity contribution >= 4 is 33.6 Å². The van der Waals surface area contributed by atoms with E-state index in [2.05, 4.69) is 21.2 Å². The van der Waals surface area contributed by atoms with E-state index < -0.39 is 5.97 Å². The normalized spacial score (nSPS) is 10.2. The molecule has 2 N–H and O–H groups in total. The molecule has 5 nitrogen and oxygen atoms in total. The molecule has 110 valence electrons. The minimum atomic E-state index is -1.04. The van der Waals surface area contributed by atoms with Crippen LogP contribution in [0, 0.1) is 0 Å². The molecule has 0 aliphatic heterocycles. The van der Waals surface area contributed by atoms with Gasteiger partial charge in [-0.1, -0.05) is 13.8 Å². The van der Waals surface area contributed by atoms with E-state index in [1.165, 1.54) is 6.07 Å². The van der Waals surface area contributed by atoms with E-state index in [0.29, 0.717) is 23.2 Å². The van der Waals surface area contributed by atoms with Crippen LogP contribution in [-0.2, 0) is 0 Å². The highest BCUT2D eigenvalue weighted by Gasteiger charge is 2.14. The van der Waals surface area contributed by atoms with Crippen molar-refractivity contribution in [3.63, 3.8) is 0 Å². The number of hydrogen-bond acceptors (Lipinski definition) is 2. The van der Waals surface area contributed by atoms with Crippen LogP contribution >= 0.6 is 15.9 Å². The molecule has 0 saturated heterocycles. The van der Waals surface area contributed by atoms with Gasteiger partial charge in [0, 0.05) is 23.2 Å². The fraction of sp³-hybridized carbons (Fsp3) is 0.429. The number of carbonyl (C=O) groups is 2. The van der Waals surface area contributed by atoms with Crippen LogP contribution in [-0.4, -0.2) is 35.1 Å². The average molecular weight is 343 g/mol. The lowest BCUT2D eigenvalue weighted by molar-refractivity contribution is 0.0696. The Balaban J connectivity index is 2.84. The first-order chi connectivity index (χ1) is 9.49. The number of hydrogen-bond donors (Lipinski definition) is 2. The van der Waals surface area contributed by atoms with E-state index in [-0.39, 0.29) is 11.6 Å². The molecular weight excluding hydrogens is 324 g/mol. The number of urea groups is 1. The molecule has 0 aliphatic carbocycles. The van der Waals surface area contributed by atoms with E-state index >= 15 is 0 Å². The smallest absolute Gasteiger partial charge is 0.336 e. The van der Waals surface area contributed by atoms with Crippen molar-refractivity contribution in [3.8, 4) is 0 Å². The number of halogens is 1. The second kappa shape index (κ2) is 7.89. The molecule has 2 amide bonds. The van der Waals surface area contributed by atoms with Crippen LogP contribution in [0.1, 0.15) is 37.0 Å². The molecule has 6 heteroatoms. The van der Waals surface area contributed by atoms with Crippen molar-refractivity contribution in [2.45, 2.75) is 26.7 Å². The quantitative estimate of drug-likeness (QED) is 0.825. The summed E-state index contributed by atoms with van der Waals surface area (Å²) >= 11 is 3.17. The van der Waals surface area contributed by atoms with Gasteiger partial charge in [0.25, 0.3) is 0 Å². The second-order valence-corrected chi connectivity index (χ2v) is 5.27. The number of carbonyl (C=O) groups excluding carboxylic acids is 1. The summed E-state index contributed by atoms with van der Waals surface area (Å²) in [5, 5.41) is 11.8. The summed E-state index contributed by atoms with van der Waals surface area (Å²) in [5.74, 6) is -1.04. The maximum Gasteiger partial charge on any atom is 0.336 e. The number of benzene rings is 1.